The lowest BCUT2D eigenvalue weighted by atomic mass is 10.1. The first-order chi connectivity index (χ1) is 12.5. The van der Waals surface area contributed by atoms with Crippen LogP contribution in [0.25, 0.3) is 10.1 Å². The van der Waals surface area contributed by atoms with Crippen molar-refractivity contribution in [2.75, 3.05) is 13.2 Å². The largest absolute Gasteiger partial charge is 0.463 e. The monoisotopic (exact) mass is 380 g/mol. The quantitative estimate of drug-likeness (QED) is 0.416. The van der Waals surface area contributed by atoms with Crippen molar-refractivity contribution < 1.29 is 33.0 Å². The molecule has 0 radical (unpaired) electrons. The Morgan fingerprint density at radius 1 is 1.04 bits per heavy atom. The minimum Gasteiger partial charge on any atom is -0.463 e. The predicted molar refractivity (Wildman–Crippen MR) is 93.3 cm³/mol. The number of thiophene rings is 1. The first-order valence-corrected chi connectivity index (χ1v) is 8.68. The Balaban J connectivity index is 2.24. The summed E-state index contributed by atoms with van der Waals surface area (Å²) in [4.78, 5) is 35.2. The van der Waals surface area contributed by atoms with Gasteiger partial charge in [0.15, 0.2) is 0 Å². The van der Waals surface area contributed by atoms with Crippen molar-refractivity contribution in [3.8, 4) is 0 Å². The third-order valence-electron chi connectivity index (χ3n) is 3.22. The molecule has 1 aromatic heterocycles. The second kappa shape index (κ2) is 9.10. The fourth-order valence-electron chi connectivity index (χ4n) is 2.18. The van der Waals surface area contributed by atoms with Crippen molar-refractivity contribution in [3.63, 3.8) is 0 Å². The van der Waals surface area contributed by atoms with Crippen molar-refractivity contribution >= 4 is 39.3 Å². The summed E-state index contributed by atoms with van der Waals surface area (Å²) in [6, 6.07) is 4.45. The highest BCUT2D eigenvalue weighted by atomic mass is 32.1. The highest BCUT2D eigenvalue weighted by molar-refractivity contribution is 7.21. The van der Waals surface area contributed by atoms with E-state index in [0.717, 1.165) is 23.5 Å². The molecule has 0 saturated heterocycles. The average Bonchev–Trinajstić information content (AvgIpc) is 2.99. The van der Waals surface area contributed by atoms with Crippen LogP contribution in [-0.2, 0) is 30.4 Å². The van der Waals surface area contributed by atoms with Crippen molar-refractivity contribution in [3.05, 3.63) is 46.6 Å². The Morgan fingerprint density at radius 3 is 2.35 bits per heavy atom. The number of hydrogen-bond acceptors (Lipinski definition) is 7. The van der Waals surface area contributed by atoms with Crippen LogP contribution >= 0.6 is 11.3 Å². The van der Waals surface area contributed by atoms with Gasteiger partial charge < -0.3 is 14.2 Å². The van der Waals surface area contributed by atoms with E-state index in [-0.39, 0.29) is 35.6 Å². The molecule has 0 unspecified atom stereocenters. The molecule has 138 valence electrons. The van der Waals surface area contributed by atoms with Crippen LogP contribution in [0.5, 0.6) is 0 Å². The third-order valence-corrected chi connectivity index (χ3v) is 4.40. The molecular weight excluding hydrogens is 363 g/mol. The maximum absolute atomic E-state index is 14.2. The molecule has 8 heteroatoms. The number of carbonyl (C=O) groups excluding carboxylic acids is 3. The molecule has 0 fully saturated rings. The van der Waals surface area contributed by atoms with E-state index in [1.807, 2.05) is 0 Å². The first-order valence-electron chi connectivity index (χ1n) is 7.86. The summed E-state index contributed by atoms with van der Waals surface area (Å²) in [6.07, 6.45) is 1.84. The fraction of sp³-hybridized carbons (Fsp3) is 0.278. The van der Waals surface area contributed by atoms with Crippen LogP contribution in [0.2, 0.25) is 0 Å². The molecule has 0 aliphatic carbocycles. The Bertz CT molecular complexity index is 855. The smallest absolute Gasteiger partial charge is 0.348 e. The molecule has 0 bridgehead atoms. The zero-order valence-corrected chi connectivity index (χ0v) is 15.1. The van der Waals surface area contributed by atoms with Gasteiger partial charge in [0.1, 0.15) is 17.3 Å². The second-order valence-electron chi connectivity index (χ2n) is 4.94. The number of halogens is 1. The summed E-state index contributed by atoms with van der Waals surface area (Å²) in [5.41, 5.74) is 0.236. The Labute approximate surface area is 153 Å². The van der Waals surface area contributed by atoms with E-state index in [0.29, 0.717) is 4.70 Å². The van der Waals surface area contributed by atoms with Gasteiger partial charge in [-0.1, -0.05) is 6.07 Å². The molecule has 1 aromatic carbocycles. The van der Waals surface area contributed by atoms with Gasteiger partial charge >= 0.3 is 17.9 Å². The first kappa shape index (κ1) is 19.6. The van der Waals surface area contributed by atoms with E-state index >= 15 is 0 Å². The van der Waals surface area contributed by atoms with Crippen LogP contribution in [0.3, 0.4) is 0 Å². The number of rotatable bonds is 7. The molecule has 1 heterocycles. The molecule has 0 spiro atoms. The van der Waals surface area contributed by atoms with Gasteiger partial charge in [0.25, 0.3) is 0 Å². The zero-order chi connectivity index (χ0) is 19.1. The zero-order valence-electron chi connectivity index (χ0n) is 14.2. The number of fused-ring (bicyclic) bond motifs is 1. The molecule has 0 aliphatic heterocycles. The summed E-state index contributed by atoms with van der Waals surface area (Å²) in [5.74, 6) is -2.63. The van der Waals surface area contributed by atoms with E-state index in [1.165, 1.54) is 12.1 Å². The molecule has 2 rings (SSSR count). The van der Waals surface area contributed by atoms with Crippen LogP contribution in [-0.4, -0.2) is 31.1 Å². The highest BCUT2D eigenvalue weighted by Crippen LogP contribution is 2.34. The minimum atomic E-state index is -0.816. The van der Waals surface area contributed by atoms with E-state index in [4.69, 9.17) is 9.47 Å². The van der Waals surface area contributed by atoms with Crippen LogP contribution in [0.1, 0.15) is 29.1 Å². The Morgan fingerprint density at radius 2 is 1.69 bits per heavy atom. The van der Waals surface area contributed by atoms with Crippen LogP contribution in [0.4, 0.5) is 4.39 Å². The molecule has 26 heavy (non-hydrogen) atoms. The lowest BCUT2D eigenvalue weighted by Crippen LogP contribution is -2.08. The average molecular weight is 380 g/mol. The fourth-order valence-corrected chi connectivity index (χ4v) is 3.30. The summed E-state index contributed by atoms with van der Waals surface area (Å²) in [6.45, 7) is 3.31. The minimum absolute atomic E-state index is 0.164. The molecule has 0 amide bonds. The summed E-state index contributed by atoms with van der Waals surface area (Å²) in [5, 5.41) is 0.211. The molecule has 0 saturated carbocycles. The van der Waals surface area contributed by atoms with Gasteiger partial charge in [-0.3, -0.25) is 0 Å². The molecule has 0 N–H and O–H groups in total. The van der Waals surface area contributed by atoms with Crippen molar-refractivity contribution in [1.29, 1.82) is 0 Å². The van der Waals surface area contributed by atoms with Gasteiger partial charge in [0.05, 0.1) is 13.2 Å². The van der Waals surface area contributed by atoms with Gasteiger partial charge in [-0.2, -0.15) is 0 Å². The second-order valence-corrected chi connectivity index (χ2v) is 5.99. The summed E-state index contributed by atoms with van der Waals surface area (Å²) < 4.78 is 29.4. The third kappa shape index (κ3) is 4.66. The van der Waals surface area contributed by atoms with Gasteiger partial charge in [0.2, 0.25) is 0 Å². The lowest BCUT2D eigenvalue weighted by Gasteiger charge is -2.05. The molecule has 2 aromatic rings. The lowest BCUT2D eigenvalue weighted by molar-refractivity contribution is -0.141. The number of hydrogen-bond donors (Lipinski definition) is 0. The van der Waals surface area contributed by atoms with Gasteiger partial charge in [-0.15, -0.1) is 11.3 Å². The van der Waals surface area contributed by atoms with E-state index in [9.17, 15) is 18.8 Å². The number of carbonyl (C=O) groups is 3. The Kier molecular flexibility index (Phi) is 6.85. The molecule has 6 nitrogen and oxygen atoms in total. The van der Waals surface area contributed by atoms with Crippen LogP contribution in [0, 0.1) is 5.82 Å². The molecule has 0 aliphatic rings. The van der Waals surface area contributed by atoms with E-state index in [2.05, 4.69) is 4.74 Å². The van der Waals surface area contributed by atoms with Crippen molar-refractivity contribution in [2.45, 2.75) is 20.5 Å². The van der Waals surface area contributed by atoms with Crippen LogP contribution < -0.4 is 0 Å². The van der Waals surface area contributed by atoms with E-state index in [1.54, 1.807) is 19.9 Å². The maximum Gasteiger partial charge on any atom is 0.348 e. The number of ether oxygens (including phenoxy) is 3. The Hall–Kier alpha value is -2.74. The van der Waals surface area contributed by atoms with Crippen LogP contribution in [0.15, 0.2) is 30.4 Å². The number of benzene rings is 1. The van der Waals surface area contributed by atoms with Gasteiger partial charge in [-0.25, -0.2) is 18.8 Å². The SMILES string of the molecule is CCOC(=O)/C=C/C(=O)OCc1c(C(=O)OCC)sc2cccc(F)c12. The number of esters is 3. The van der Waals surface area contributed by atoms with E-state index < -0.39 is 23.7 Å². The van der Waals surface area contributed by atoms with Gasteiger partial charge in [0, 0.05) is 27.8 Å². The topological polar surface area (TPSA) is 78.9 Å². The maximum atomic E-state index is 14.2. The van der Waals surface area contributed by atoms with Crippen molar-refractivity contribution in [1.82, 2.24) is 0 Å². The van der Waals surface area contributed by atoms with Crippen molar-refractivity contribution in [2.24, 2.45) is 0 Å². The molecule has 0 atom stereocenters. The highest BCUT2D eigenvalue weighted by Gasteiger charge is 2.22. The summed E-state index contributed by atoms with van der Waals surface area (Å²) >= 11 is 1.06. The van der Waals surface area contributed by atoms with Gasteiger partial charge in [-0.05, 0) is 26.0 Å². The normalized spacial score (nSPS) is 10.9. The standard InChI is InChI=1S/C18H17FO6S/c1-3-23-14(20)8-9-15(21)25-10-11-16-12(19)6-5-7-13(16)26-17(11)18(22)24-4-2/h5-9H,3-4,10H2,1-2H3/b9-8+. The summed E-state index contributed by atoms with van der Waals surface area (Å²) in [7, 11) is 0. The molecular formula is C18H17FO6S. The predicted octanol–water partition coefficient (Wildman–Crippen LogP) is 3.38.